The van der Waals surface area contributed by atoms with Crippen molar-refractivity contribution in [3.63, 3.8) is 0 Å². The fourth-order valence-electron chi connectivity index (χ4n) is 3.77. The summed E-state index contributed by atoms with van der Waals surface area (Å²) in [6.07, 6.45) is 8.18. The van der Waals surface area contributed by atoms with Gasteiger partial charge in [-0.3, -0.25) is 4.90 Å². The van der Waals surface area contributed by atoms with Crippen LogP contribution >= 0.6 is 0 Å². The summed E-state index contributed by atoms with van der Waals surface area (Å²) in [4.78, 5) is 2.79. The zero-order valence-electron chi connectivity index (χ0n) is 13.7. The second-order valence-electron chi connectivity index (χ2n) is 7.13. The number of rotatable bonds is 7. The van der Waals surface area contributed by atoms with E-state index in [2.05, 4.69) is 31.1 Å². The lowest BCUT2D eigenvalue weighted by Crippen LogP contribution is -2.48. The molecule has 118 valence electrons. The molecular formula is C17H34N2O. The molecule has 1 saturated heterocycles. The summed E-state index contributed by atoms with van der Waals surface area (Å²) < 4.78 is 5.74. The van der Waals surface area contributed by atoms with E-state index in [1.54, 1.807) is 0 Å². The Morgan fingerprint density at radius 1 is 1.20 bits per heavy atom. The van der Waals surface area contributed by atoms with Crippen LogP contribution in [0.1, 0.15) is 52.4 Å². The molecule has 1 aliphatic carbocycles. The van der Waals surface area contributed by atoms with Gasteiger partial charge < -0.3 is 10.1 Å². The Balaban J connectivity index is 1.90. The van der Waals surface area contributed by atoms with Crippen LogP contribution in [0.4, 0.5) is 0 Å². The highest BCUT2D eigenvalue weighted by Gasteiger charge is 2.30. The van der Waals surface area contributed by atoms with Crippen LogP contribution < -0.4 is 5.32 Å². The zero-order valence-corrected chi connectivity index (χ0v) is 13.7. The molecule has 0 amide bonds. The number of nitrogens with one attached hydrogen (secondary N) is 1. The van der Waals surface area contributed by atoms with Gasteiger partial charge >= 0.3 is 0 Å². The maximum atomic E-state index is 5.74. The highest BCUT2D eigenvalue weighted by Crippen LogP contribution is 2.26. The molecule has 0 spiro atoms. The minimum absolute atomic E-state index is 0.645. The van der Waals surface area contributed by atoms with Gasteiger partial charge in [0.2, 0.25) is 0 Å². The van der Waals surface area contributed by atoms with Gasteiger partial charge in [-0.05, 0) is 45.2 Å². The lowest BCUT2D eigenvalue weighted by molar-refractivity contribution is 0.0112. The average Bonchev–Trinajstić information content (AvgIpc) is 2.97. The quantitative estimate of drug-likeness (QED) is 0.777. The summed E-state index contributed by atoms with van der Waals surface area (Å²) in [6, 6.07) is 1.49. The topological polar surface area (TPSA) is 24.5 Å². The lowest BCUT2D eigenvalue weighted by atomic mass is 9.94. The Morgan fingerprint density at radius 3 is 2.60 bits per heavy atom. The summed E-state index contributed by atoms with van der Waals surface area (Å²) >= 11 is 0. The van der Waals surface area contributed by atoms with Crippen molar-refractivity contribution in [3.05, 3.63) is 0 Å². The third-order valence-corrected chi connectivity index (χ3v) is 5.15. The van der Waals surface area contributed by atoms with Gasteiger partial charge in [0.15, 0.2) is 0 Å². The van der Waals surface area contributed by atoms with Crippen LogP contribution in [0.25, 0.3) is 0 Å². The average molecular weight is 282 g/mol. The Kier molecular flexibility index (Phi) is 6.79. The summed E-state index contributed by atoms with van der Waals surface area (Å²) in [5, 5.41) is 3.51. The van der Waals surface area contributed by atoms with E-state index in [4.69, 9.17) is 4.74 Å². The maximum absolute atomic E-state index is 5.74. The molecule has 2 fully saturated rings. The molecule has 1 heterocycles. The number of nitrogens with zero attached hydrogens (tertiary/aromatic N) is 1. The van der Waals surface area contributed by atoms with Crippen LogP contribution in [0.5, 0.6) is 0 Å². The normalized spacial score (nSPS) is 28.6. The van der Waals surface area contributed by atoms with Crippen LogP contribution in [0.3, 0.4) is 0 Å². The Morgan fingerprint density at radius 2 is 1.95 bits per heavy atom. The van der Waals surface area contributed by atoms with Crippen molar-refractivity contribution >= 4 is 0 Å². The van der Waals surface area contributed by atoms with E-state index in [9.17, 15) is 0 Å². The SMILES string of the molecule is CNC1CCOCC1CN(CCC(C)C)C1CCCC1. The van der Waals surface area contributed by atoms with Gasteiger partial charge in [-0.25, -0.2) is 0 Å². The second kappa shape index (κ2) is 8.35. The van der Waals surface area contributed by atoms with Crippen molar-refractivity contribution in [2.24, 2.45) is 11.8 Å². The summed E-state index contributed by atoms with van der Waals surface area (Å²) in [5.74, 6) is 1.48. The first-order chi connectivity index (χ1) is 9.70. The van der Waals surface area contributed by atoms with Gasteiger partial charge in [-0.1, -0.05) is 26.7 Å². The van der Waals surface area contributed by atoms with Gasteiger partial charge in [-0.15, -0.1) is 0 Å². The molecule has 2 unspecified atom stereocenters. The summed E-state index contributed by atoms with van der Waals surface area (Å²) in [6.45, 7) is 9.05. The van der Waals surface area contributed by atoms with Gasteiger partial charge in [0.05, 0.1) is 6.61 Å². The van der Waals surface area contributed by atoms with Crippen LogP contribution in [-0.4, -0.2) is 50.3 Å². The summed E-state index contributed by atoms with van der Waals surface area (Å²) in [5.41, 5.74) is 0. The lowest BCUT2D eigenvalue weighted by Gasteiger charge is -2.38. The molecule has 2 aliphatic rings. The molecule has 1 aliphatic heterocycles. The van der Waals surface area contributed by atoms with E-state index in [0.29, 0.717) is 12.0 Å². The Bertz CT molecular complexity index is 264. The first kappa shape index (κ1) is 16.3. The largest absolute Gasteiger partial charge is 0.381 e. The molecule has 3 heteroatoms. The summed E-state index contributed by atoms with van der Waals surface area (Å²) in [7, 11) is 2.11. The molecule has 3 nitrogen and oxygen atoms in total. The molecular weight excluding hydrogens is 248 g/mol. The first-order valence-electron chi connectivity index (χ1n) is 8.69. The smallest absolute Gasteiger partial charge is 0.0521 e. The first-order valence-corrected chi connectivity index (χ1v) is 8.69. The van der Waals surface area contributed by atoms with Crippen LogP contribution in [-0.2, 0) is 4.74 Å². The Labute approximate surface area is 125 Å². The molecule has 20 heavy (non-hydrogen) atoms. The molecule has 0 aromatic heterocycles. The second-order valence-corrected chi connectivity index (χ2v) is 7.13. The van der Waals surface area contributed by atoms with E-state index < -0.39 is 0 Å². The molecule has 1 saturated carbocycles. The van der Waals surface area contributed by atoms with Crippen molar-refractivity contribution < 1.29 is 4.74 Å². The van der Waals surface area contributed by atoms with Crippen molar-refractivity contribution in [2.75, 3.05) is 33.4 Å². The third kappa shape index (κ3) is 4.71. The van der Waals surface area contributed by atoms with Gasteiger partial charge in [-0.2, -0.15) is 0 Å². The number of ether oxygens (including phenoxy) is 1. The minimum atomic E-state index is 0.645. The Hall–Kier alpha value is -0.120. The fourth-order valence-corrected chi connectivity index (χ4v) is 3.77. The zero-order chi connectivity index (χ0) is 14.4. The predicted molar refractivity (Wildman–Crippen MR) is 85.1 cm³/mol. The van der Waals surface area contributed by atoms with Crippen molar-refractivity contribution in [3.8, 4) is 0 Å². The van der Waals surface area contributed by atoms with E-state index in [-0.39, 0.29) is 0 Å². The van der Waals surface area contributed by atoms with Crippen molar-refractivity contribution in [1.82, 2.24) is 10.2 Å². The minimum Gasteiger partial charge on any atom is -0.381 e. The highest BCUT2D eigenvalue weighted by atomic mass is 16.5. The molecule has 0 radical (unpaired) electrons. The highest BCUT2D eigenvalue weighted by molar-refractivity contribution is 4.85. The van der Waals surface area contributed by atoms with Gasteiger partial charge in [0.1, 0.15) is 0 Å². The maximum Gasteiger partial charge on any atom is 0.0521 e. The monoisotopic (exact) mass is 282 g/mol. The van der Waals surface area contributed by atoms with Gasteiger partial charge in [0, 0.05) is 31.2 Å². The van der Waals surface area contributed by atoms with E-state index in [1.807, 2.05) is 0 Å². The van der Waals surface area contributed by atoms with E-state index >= 15 is 0 Å². The number of hydrogen-bond acceptors (Lipinski definition) is 3. The molecule has 0 aromatic carbocycles. The van der Waals surface area contributed by atoms with E-state index in [1.165, 1.54) is 51.6 Å². The van der Waals surface area contributed by atoms with Crippen LogP contribution in [0, 0.1) is 11.8 Å². The van der Waals surface area contributed by atoms with Crippen molar-refractivity contribution in [1.29, 1.82) is 0 Å². The van der Waals surface area contributed by atoms with Crippen molar-refractivity contribution in [2.45, 2.75) is 64.5 Å². The molecule has 0 aromatic rings. The third-order valence-electron chi connectivity index (χ3n) is 5.15. The van der Waals surface area contributed by atoms with Crippen LogP contribution in [0.15, 0.2) is 0 Å². The van der Waals surface area contributed by atoms with E-state index in [0.717, 1.165) is 25.2 Å². The predicted octanol–water partition coefficient (Wildman–Crippen LogP) is 2.90. The fraction of sp³-hybridized carbons (Fsp3) is 1.00. The molecule has 2 atom stereocenters. The molecule has 0 bridgehead atoms. The standard InChI is InChI=1S/C17H34N2O/c1-14(2)8-10-19(16-6-4-5-7-16)12-15-13-20-11-9-17(15)18-3/h14-18H,4-13H2,1-3H3. The van der Waals surface area contributed by atoms with Crippen LogP contribution in [0.2, 0.25) is 0 Å². The number of hydrogen-bond donors (Lipinski definition) is 1. The molecule has 2 rings (SSSR count). The van der Waals surface area contributed by atoms with Gasteiger partial charge in [0.25, 0.3) is 0 Å². The molecule has 1 N–H and O–H groups in total.